The summed E-state index contributed by atoms with van der Waals surface area (Å²) in [4.78, 5) is 30.5. The summed E-state index contributed by atoms with van der Waals surface area (Å²) < 4.78 is 1.68. The minimum Gasteiger partial charge on any atom is -0.355 e. The molecule has 1 N–H and O–H groups in total. The second-order valence-corrected chi connectivity index (χ2v) is 9.33. The number of rotatable bonds is 8. The topological polar surface area (TPSA) is 64.0 Å². The van der Waals surface area contributed by atoms with Gasteiger partial charge in [0.15, 0.2) is 5.16 Å². The minimum atomic E-state index is -0.352. The molecule has 3 rings (SSSR count). The van der Waals surface area contributed by atoms with Crippen molar-refractivity contribution in [1.82, 2.24) is 14.9 Å². The molecule has 6 heteroatoms. The maximum Gasteiger partial charge on any atom is 0.262 e. The summed E-state index contributed by atoms with van der Waals surface area (Å²) in [5.74, 6) is 0.500. The third-order valence-corrected chi connectivity index (χ3v) is 6.05. The van der Waals surface area contributed by atoms with Gasteiger partial charge in [0, 0.05) is 6.54 Å². The molecule has 1 atom stereocenters. The second kappa shape index (κ2) is 9.94. The number of fused-ring (bicyclic) bond motifs is 1. The third-order valence-electron chi connectivity index (χ3n) is 4.96. The summed E-state index contributed by atoms with van der Waals surface area (Å²) in [7, 11) is 0. The standard InChI is InChI=1S/C24H29N3O2S/c1-16(2)13-14-25-22(28)18(4)30-24-26-21-8-6-5-7-20(21)23(29)27(24)15-19-11-9-17(3)10-12-19/h5-12,16,18H,13-15H2,1-4H3,(H,25,28). The average Bonchev–Trinajstić information content (AvgIpc) is 2.72. The summed E-state index contributed by atoms with van der Waals surface area (Å²) in [6.07, 6.45) is 0.940. The van der Waals surface area contributed by atoms with Gasteiger partial charge in [-0.3, -0.25) is 14.2 Å². The number of thioether (sulfide) groups is 1. The van der Waals surface area contributed by atoms with E-state index >= 15 is 0 Å². The molecule has 0 saturated carbocycles. The van der Waals surface area contributed by atoms with Crippen LogP contribution in [0.15, 0.2) is 58.5 Å². The Hall–Kier alpha value is -2.60. The lowest BCUT2D eigenvalue weighted by atomic mass is 10.1. The molecule has 1 unspecified atom stereocenters. The number of aromatic nitrogens is 2. The van der Waals surface area contributed by atoms with E-state index in [9.17, 15) is 9.59 Å². The van der Waals surface area contributed by atoms with Gasteiger partial charge in [0.05, 0.1) is 22.7 Å². The van der Waals surface area contributed by atoms with E-state index in [1.165, 1.54) is 17.3 Å². The van der Waals surface area contributed by atoms with Crippen molar-refractivity contribution in [3.8, 4) is 0 Å². The Morgan fingerprint density at radius 2 is 1.80 bits per heavy atom. The zero-order chi connectivity index (χ0) is 21.7. The van der Waals surface area contributed by atoms with Gasteiger partial charge in [-0.1, -0.05) is 67.6 Å². The fourth-order valence-electron chi connectivity index (χ4n) is 3.09. The summed E-state index contributed by atoms with van der Waals surface area (Å²) in [5.41, 5.74) is 2.76. The van der Waals surface area contributed by atoms with E-state index in [0.29, 0.717) is 35.1 Å². The molecule has 0 aliphatic carbocycles. The number of carbonyl (C=O) groups is 1. The Balaban J connectivity index is 1.90. The first-order valence-electron chi connectivity index (χ1n) is 10.3. The van der Waals surface area contributed by atoms with Gasteiger partial charge in [-0.05, 0) is 43.9 Å². The molecule has 0 aliphatic heterocycles. The molecule has 0 aliphatic rings. The van der Waals surface area contributed by atoms with Gasteiger partial charge >= 0.3 is 0 Å². The van der Waals surface area contributed by atoms with Gasteiger partial charge in [-0.2, -0.15) is 0 Å². The van der Waals surface area contributed by atoms with Crippen LogP contribution in [0.1, 0.15) is 38.3 Å². The zero-order valence-electron chi connectivity index (χ0n) is 18.0. The lowest BCUT2D eigenvalue weighted by molar-refractivity contribution is -0.120. The van der Waals surface area contributed by atoms with Crippen molar-refractivity contribution in [2.45, 2.75) is 51.1 Å². The van der Waals surface area contributed by atoms with Crippen molar-refractivity contribution in [2.24, 2.45) is 5.92 Å². The van der Waals surface area contributed by atoms with E-state index in [-0.39, 0.29) is 16.7 Å². The van der Waals surface area contributed by atoms with E-state index in [1.807, 2.05) is 56.3 Å². The lowest BCUT2D eigenvalue weighted by Crippen LogP contribution is -2.33. The van der Waals surface area contributed by atoms with Crippen molar-refractivity contribution in [3.63, 3.8) is 0 Å². The van der Waals surface area contributed by atoms with Gasteiger partial charge in [-0.25, -0.2) is 4.98 Å². The smallest absolute Gasteiger partial charge is 0.262 e. The SMILES string of the molecule is Cc1ccc(Cn2c(SC(C)C(=O)NCCC(C)C)nc3ccccc3c2=O)cc1. The summed E-state index contributed by atoms with van der Waals surface area (Å²) in [6, 6.07) is 15.5. The monoisotopic (exact) mass is 423 g/mol. The minimum absolute atomic E-state index is 0.0371. The second-order valence-electron chi connectivity index (χ2n) is 8.02. The molecule has 5 nitrogen and oxygen atoms in total. The summed E-state index contributed by atoms with van der Waals surface area (Å²) >= 11 is 1.33. The molecule has 158 valence electrons. The van der Waals surface area contributed by atoms with Crippen molar-refractivity contribution < 1.29 is 4.79 Å². The van der Waals surface area contributed by atoms with Gasteiger partial charge in [-0.15, -0.1) is 0 Å². The van der Waals surface area contributed by atoms with Crippen LogP contribution < -0.4 is 10.9 Å². The third kappa shape index (κ3) is 5.51. The Bertz CT molecular complexity index is 1070. The van der Waals surface area contributed by atoms with Crippen LogP contribution in [0.4, 0.5) is 0 Å². The Morgan fingerprint density at radius 1 is 1.10 bits per heavy atom. The average molecular weight is 424 g/mol. The van der Waals surface area contributed by atoms with Crippen molar-refractivity contribution >= 4 is 28.6 Å². The van der Waals surface area contributed by atoms with Crippen LogP contribution in [-0.2, 0) is 11.3 Å². The zero-order valence-corrected chi connectivity index (χ0v) is 18.8. The Morgan fingerprint density at radius 3 is 2.50 bits per heavy atom. The summed E-state index contributed by atoms with van der Waals surface area (Å²) in [5, 5.41) is 3.78. The largest absolute Gasteiger partial charge is 0.355 e. The van der Waals surface area contributed by atoms with E-state index < -0.39 is 0 Å². The molecule has 3 aromatic rings. The van der Waals surface area contributed by atoms with Crippen LogP contribution in [0.2, 0.25) is 0 Å². The molecule has 0 bridgehead atoms. The summed E-state index contributed by atoms with van der Waals surface area (Å²) in [6.45, 7) is 9.23. The van der Waals surface area contributed by atoms with Gasteiger partial charge < -0.3 is 5.32 Å². The first kappa shape index (κ1) is 22.1. The van der Waals surface area contributed by atoms with Gasteiger partial charge in [0.25, 0.3) is 5.56 Å². The van der Waals surface area contributed by atoms with Crippen LogP contribution in [0.3, 0.4) is 0 Å². The normalized spacial score (nSPS) is 12.3. The maximum atomic E-state index is 13.2. The number of para-hydroxylation sites is 1. The van der Waals surface area contributed by atoms with Crippen molar-refractivity contribution in [2.75, 3.05) is 6.54 Å². The van der Waals surface area contributed by atoms with Crippen molar-refractivity contribution in [3.05, 3.63) is 70.0 Å². The highest BCUT2D eigenvalue weighted by atomic mass is 32.2. The fraction of sp³-hybridized carbons (Fsp3) is 0.375. The number of amides is 1. The quantitative estimate of drug-likeness (QED) is 0.431. The molecule has 0 radical (unpaired) electrons. The molecule has 0 fully saturated rings. The van der Waals surface area contributed by atoms with Crippen LogP contribution in [0.25, 0.3) is 10.9 Å². The van der Waals surface area contributed by atoms with E-state index in [0.717, 1.165) is 12.0 Å². The van der Waals surface area contributed by atoms with Crippen LogP contribution in [0, 0.1) is 12.8 Å². The van der Waals surface area contributed by atoms with Crippen LogP contribution >= 0.6 is 11.8 Å². The highest BCUT2D eigenvalue weighted by Crippen LogP contribution is 2.23. The van der Waals surface area contributed by atoms with E-state index in [4.69, 9.17) is 4.98 Å². The molecule has 30 heavy (non-hydrogen) atoms. The first-order valence-corrected chi connectivity index (χ1v) is 11.2. The molecule has 2 aromatic carbocycles. The highest BCUT2D eigenvalue weighted by Gasteiger charge is 2.19. The van der Waals surface area contributed by atoms with Crippen molar-refractivity contribution in [1.29, 1.82) is 0 Å². The predicted molar refractivity (Wildman–Crippen MR) is 124 cm³/mol. The molecule has 1 heterocycles. The number of nitrogens with one attached hydrogen (secondary N) is 1. The molecule has 1 amide bonds. The Kier molecular flexibility index (Phi) is 7.32. The van der Waals surface area contributed by atoms with Gasteiger partial charge in [0.1, 0.15) is 0 Å². The molecule has 0 saturated heterocycles. The maximum absolute atomic E-state index is 13.2. The van der Waals surface area contributed by atoms with Gasteiger partial charge in [0.2, 0.25) is 5.91 Å². The van der Waals surface area contributed by atoms with Crippen LogP contribution in [-0.4, -0.2) is 27.3 Å². The number of aryl methyl sites for hydroxylation is 1. The molecular formula is C24H29N3O2S. The Labute approximate surface area is 181 Å². The molecule has 0 spiro atoms. The number of hydrogen-bond acceptors (Lipinski definition) is 4. The van der Waals surface area contributed by atoms with E-state index in [1.54, 1.807) is 10.6 Å². The number of benzene rings is 2. The predicted octanol–water partition coefficient (Wildman–Crippen LogP) is 4.40. The van der Waals surface area contributed by atoms with Crippen LogP contribution in [0.5, 0.6) is 0 Å². The first-order chi connectivity index (χ1) is 14.3. The van der Waals surface area contributed by atoms with E-state index in [2.05, 4.69) is 19.2 Å². The number of hydrogen-bond donors (Lipinski definition) is 1. The molecule has 1 aromatic heterocycles. The fourth-order valence-corrected chi connectivity index (χ4v) is 4.02. The molecular weight excluding hydrogens is 394 g/mol. The number of carbonyl (C=O) groups excluding carboxylic acids is 1. The highest BCUT2D eigenvalue weighted by molar-refractivity contribution is 8.00. The number of nitrogens with zero attached hydrogens (tertiary/aromatic N) is 2. The lowest BCUT2D eigenvalue weighted by Gasteiger charge is -2.17.